The first-order valence-corrected chi connectivity index (χ1v) is 20.8. The molecular formula is C57H34N4. The van der Waals surface area contributed by atoms with E-state index >= 15 is 0 Å². The third-order valence-electron chi connectivity index (χ3n) is 12.5. The van der Waals surface area contributed by atoms with E-state index < -0.39 is 0 Å². The van der Waals surface area contributed by atoms with E-state index in [9.17, 15) is 0 Å². The van der Waals surface area contributed by atoms with Gasteiger partial charge >= 0.3 is 0 Å². The van der Waals surface area contributed by atoms with Gasteiger partial charge in [0.05, 0.1) is 16.7 Å². The first-order valence-electron chi connectivity index (χ1n) is 20.8. The molecule has 4 heteroatoms. The molecule has 0 N–H and O–H groups in total. The maximum atomic E-state index is 5.30. The molecule has 0 radical (unpaired) electrons. The molecule has 2 aromatic heterocycles. The van der Waals surface area contributed by atoms with Crippen molar-refractivity contribution in [3.8, 4) is 73.2 Å². The van der Waals surface area contributed by atoms with Gasteiger partial charge in [-0.15, -0.1) is 0 Å². The maximum Gasteiger partial charge on any atom is 0.164 e. The van der Waals surface area contributed by atoms with Gasteiger partial charge in [-0.3, -0.25) is 0 Å². The lowest BCUT2D eigenvalue weighted by Crippen LogP contribution is -2.01. The van der Waals surface area contributed by atoms with Crippen molar-refractivity contribution >= 4 is 54.1 Å². The van der Waals surface area contributed by atoms with Crippen LogP contribution in [0.5, 0.6) is 0 Å². The van der Waals surface area contributed by atoms with Crippen LogP contribution in [0.25, 0.3) is 127 Å². The van der Waals surface area contributed by atoms with Crippen LogP contribution in [0.4, 0.5) is 0 Å². The van der Waals surface area contributed by atoms with E-state index in [0.717, 1.165) is 39.1 Å². The zero-order chi connectivity index (χ0) is 40.0. The number of nitrogens with zero attached hydrogens (tertiary/aromatic N) is 4. The normalized spacial score (nSPS) is 11.9. The van der Waals surface area contributed by atoms with E-state index in [1.807, 2.05) is 36.4 Å². The Morgan fingerprint density at radius 1 is 0.295 bits per heavy atom. The largest absolute Gasteiger partial charge is 0.309 e. The Balaban J connectivity index is 1.09. The van der Waals surface area contributed by atoms with Gasteiger partial charge in [0.25, 0.3) is 0 Å². The van der Waals surface area contributed by atoms with Crippen molar-refractivity contribution in [2.24, 2.45) is 0 Å². The van der Waals surface area contributed by atoms with Crippen LogP contribution in [-0.4, -0.2) is 19.5 Å². The van der Waals surface area contributed by atoms with Gasteiger partial charge in [0, 0.05) is 38.4 Å². The highest BCUT2D eigenvalue weighted by atomic mass is 15.0. The molecule has 1 aliphatic rings. The van der Waals surface area contributed by atoms with Crippen LogP contribution in [0.2, 0.25) is 0 Å². The summed E-state index contributed by atoms with van der Waals surface area (Å²) in [5.74, 6) is 1.94. The summed E-state index contributed by atoms with van der Waals surface area (Å²) >= 11 is 0. The number of hydrogen-bond donors (Lipinski definition) is 0. The third-order valence-corrected chi connectivity index (χ3v) is 12.5. The van der Waals surface area contributed by atoms with Gasteiger partial charge in [0.2, 0.25) is 0 Å². The molecule has 2 heterocycles. The Morgan fingerprint density at radius 2 is 0.869 bits per heavy atom. The Hall–Kier alpha value is -8.21. The molecule has 0 atom stereocenters. The average Bonchev–Trinajstić information content (AvgIpc) is 3.83. The van der Waals surface area contributed by atoms with Crippen LogP contribution < -0.4 is 0 Å². The fourth-order valence-electron chi connectivity index (χ4n) is 9.82. The number of para-hydroxylation sites is 1. The minimum atomic E-state index is 0.645. The van der Waals surface area contributed by atoms with Crippen LogP contribution >= 0.6 is 0 Å². The van der Waals surface area contributed by atoms with Crippen LogP contribution in [0.1, 0.15) is 0 Å². The Bertz CT molecular complexity index is 3690. The monoisotopic (exact) mass is 774 g/mol. The molecule has 1 aliphatic carbocycles. The molecule has 4 nitrogen and oxygen atoms in total. The third kappa shape index (κ3) is 5.16. The molecule has 0 spiro atoms. The standard InChI is InChI=1S/C57H34N4/c1-3-15-36(16-4-1)55-58-56(37-17-5-2-6-18-37)60-57(59-55)49-33-40(32-48-45-26-13-21-35-22-14-27-46(53(35)45)54(48)49)41-29-30-51(43-24-10-9-23-42(41)43)61-50-28-12-11-25-44(50)47-31-38-19-7-8-20-39(38)34-52(47)61/h1-34H. The molecule has 0 unspecified atom stereocenters. The molecule has 61 heavy (non-hydrogen) atoms. The first kappa shape index (κ1) is 33.7. The second kappa shape index (κ2) is 13.2. The summed E-state index contributed by atoms with van der Waals surface area (Å²) in [6.07, 6.45) is 0. The summed E-state index contributed by atoms with van der Waals surface area (Å²) in [5, 5.41) is 9.81. The minimum absolute atomic E-state index is 0.645. The Morgan fingerprint density at radius 3 is 1.61 bits per heavy atom. The quantitative estimate of drug-likeness (QED) is 0.175. The van der Waals surface area contributed by atoms with E-state index in [1.54, 1.807) is 0 Å². The molecule has 0 saturated heterocycles. The highest BCUT2D eigenvalue weighted by Crippen LogP contribution is 2.53. The van der Waals surface area contributed by atoms with Gasteiger partial charge in [-0.2, -0.15) is 0 Å². The molecule has 10 aromatic carbocycles. The van der Waals surface area contributed by atoms with Gasteiger partial charge in [-0.05, 0) is 91.1 Å². The lowest BCUT2D eigenvalue weighted by atomic mass is 9.90. The molecule has 0 bridgehead atoms. The SMILES string of the molecule is c1ccc(-c2nc(-c3ccccc3)nc(-c3cc(-c4ccc(-n5c6ccccc6c6cc7ccccc7cc65)c5ccccc45)cc4c3-c3cccc5cccc-4c35)n2)cc1. The molecule has 0 amide bonds. The van der Waals surface area contributed by atoms with Crippen molar-refractivity contribution in [3.05, 3.63) is 206 Å². The summed E-state index contributed by atoms with van der Waals surface area (Å²) in [6.45, 7) is 0. The molecule has 282 valence electrons. The highest BCUT2D eigenvalue weighted by molar-refractivity contribution is 6.19. The fourth-order valence-corrected chi connectivity index (χ4v) is 9.82. The maximum absolute atomic E-state index is 5.30. The van der Waals surface area contributed by atoms with Crippen molar-refractivity contribution < 1.29 is 0 Å². The summed E-state index contributed by atoms with van der Waals surface area (Å²) < 4.78 is 2.45. The molecule has 12 aromatic rings. The number of rotatable bonds is 5. The smallest absolute Gasteiger partial charge is 0.164 e. The van der Waals surface area contributed by atoms with Crippen molar-refractivity contribution in [3.63, 3.8) is 0 Å². The predicted molar refractivity (Wildman–Crippen MR) is 253 cm³/mol. The topological polar surface area (TPSA) is 43.6 Å². The summed E-state index contributed by atoms with van der Waals surface area (Å²) in [4.78, 5) is 15.7. The number of fused-ring (bicyclic) bond motifs is 8. The summed E-state index contributed by atoms with van der Waals surface area (Å²) in [5.41, 5.74) is 13.4. The lowest BCUT2D eigenvalue weighted by molar-refractivity contribution is 1.07. The van der Waals surface area contributed by atoms with E-state index in [-0.39, 0.29) is 0 Å². The lowest BCUT2D eigenvalue weighted by Gasteiger charge is -2.18. The van der Waals surface area contributed by atoms with Crippen LogP contribution in [0, 0.1) is 0 Å². The number of hydrogen-bond acceptors (Lipinski definition) is 3. The Labute approximate surface area is 351 Å². The zero-order valence-corrected chi connectivity index (χ0v) is 32.9. The van der Waals surface area contributed by atoms with Gasteiger partial charge in [-0.1, -0.05) is 170 Å². The molecule has 0 saturated carbocycles. The second-order valence-electron chi connectivity index (χ2n) is 15.9. The van der Waals surface area contributed by atoms with Gasteiger partial charge in [0.15, 0.2) is 17.5 Å². The molecule has 0 fully saturated rings. The van der Waals surface area contributed by atoms with Crippen molar-refractivity contribution in [1.29, 1.82) is 0 Å². The first-order chi connectivity index (χ1) is 30.2. The van der Waals surface area contributed by atoms with E-state index in [2.05, 4.69) is 174 Å². The second-order valence-corrected chi connectivity index (χ2v) is 15.9. The Kier molecular flexibility index (Phi) is 7.27. The van der Waals surface area contributed by atoms with Crippen LogP contribution in [-0.2, 0) is 0 Å². The van der Waals surface area contributed by atoms with E-state index in [1.165, 1.54) is 70.8 Å². The number of aromatic nitrogens is 4. The zero-order valence-electron chi connectivity index (χ0n) is 32.9. The molecule has 13 rings (SSSR count). The van der Waals surface area contributed by atoms with Crippen molar-refractivity contribution in [1.82, 2.24) is 19.5 Å². The van der Waals surface area contributed by atoms with Crippen molar-refractivity contribution in [2.75, 3.05) is 0 Å². The predicted octanol–water partition coefficient (Wildman–Crippen LogP) is 14.7. The molecule has 0 aliphatic heterocycles. The molecular weight excluding hydrogens is 741 g/mol. The van der Waals surface area contributed by atoms with Gasteiger partial charge in [-0.25, -0.2) is 15.0 Å². The van der Waals surface area contributed by atoms with Crippen LogP contribution in [0.15, 0.2) is 206 Å². The highest BCUT2D eigenvalue weighted by Gasteiger charge is 2.28. The van der Waals surface area contributed by atoms with E-state index in [4.69, 9.17) is 15.0 Å². The van der Waals surface area contributed by atoms with Crippen molar-refractivity contribution in [2.45, 2.75) is 0 Å². The van der Waals surface area contributed by atoms with Gasteiger partial charge < -0.3 is 4.57 Å². The fraction of sp³-hybridized carbons (Fsp3) is 0. The van der Waals surface area contributed by atoms with E-state index in [0.29, 0.717) is 17.5 Å². The minimum Gasteiger partial charge on any atom is -0.309 e. The van der Waals surface area contributed by atoms with Gasteiger partial charge in [0.1, 0.15) is 0 Å². The summed E-state index contributed by atoms with van der Waals surface area (Å²) in [6, 6.07) is 74.0. The summed E-state index contributed by atoms with van der Waals surface area (Å²) in [7, 11) is 0. The number of benzene rings is 10. The average molecular weight is 775 g/mol. The van der Waals surface area contributed by atoms with Crippen LogP contribution in [0.3, 0.4) is 0 Å².